The summed E-state index contributed by atoms with van der Waals surface area (Å²) in [6, 6.07) is 10.5. The molecule has 0 heterocycles. The second-order valence-corrected chi connectivity index (χ2v) is 6.53. The topological polar surface area (TPSA) is 52.9 Å². The number of carbonyl (C=O) groups is 1. The van der Waals surface area contributed by atoms with Gasteiger partial charge in [0.15, 0.2) is 0 Å². The van der Waals surface area contributed by atoms with E-state index in [0.29, 0.717) is 11.6 Å². The Morgan fingerprint density at radius 1 is 1.12 bits per heavy atom. The fraction of sp³-hybridized carbons (Fsp3) is 0.263. The van der Waals surface area contributed by atoms with E-state index in [9.17, 15) is 18.8 Å². The van der Waals surface area contributed by atoms with Crippen LogP contribution in [0, 0.1) is 23.0 Å². The molecule has 1 unspecified atom stereocenters. The summed E-state index contributed by atoms with van der Waals surface area (Å²) in [7, 11) is 0. The van der Waals surface area contributed by atoms with E-state index in [-0.39, 0.29) is 11.0 Å². The second kappa shape index (κ2) is 6.79. The van der Waals surface area contributed by atoms with Crippen molar-refractivity contribution in [2.24, 2.45) is 0 Å². The van der Waals surface area contributed by atoms with Crippen molar-refractivity contribution in [3.05, 3.63) is 70.8 Å². The minimum absolute atomic E-state index is 0.0402. The fourth-order valence-corrected chi connectivity index (χ4v) is 2.25. The summed E-state index contributed by atoms with van der Waals surface area (Å²) in [4.78, 5) is 12.3. The van der Waals surface area contributed by atoms with Gasteiger partial charge in [0.25, 0.3) is 5.91 Å². The molecule has 0 fully saturated rings. The number of nitrogens with zero attached hydrogens (tertiary/aromatic N) is 1. The van der Waals surface area contributed by atoms with Crippen molar-refractivity contribution in [1.82, 2.24) is 5.32 Å². The number of hydrogen-bond acceptors (Lipinski definition) is 2. The number of halogens is 2. The average Bonchev–Trinajstić information content (AvgIpc) is 2.52. The van der Waals surface area contributed by atoms with E-state index in [0.717, 1.165) is 17.7 Å². The summed E-state index contributed by atoms with van der Waals surface area (Å²) in [6.45, 7) is 6.18. The maximum atomic E-state index is 13.8. The number of carbonyl (C=O) groups excluding carboxylic acids is 1. The van der Waals surface area contributed by atoms with Crippen LogP contribution in [0.15, 0.2) is 42.5 Å². The third-order valence-electron chi connectivity index (χ3n) is 3.69. The lowest BCUT2D eigenvalue weighted by Gasteiger charge is -2.19. The summed E-state index contributed by atoms with van der Waals surface area (Å²) in [5.41, 5.74) is 1.33. The molecule has 0 aliphatic carbocycles. The molecule has 24 heavy (non-hydrogen) atoms. The largest absolute Gasteiger partial charge is 0.332 e. The molecule has 0 spiro atoms. The molecule has 2 aromatic rings. The monoisotopic (exact) mass is 328 g/mol. The highest BCUT2D eigenvalue weighted by molar-refractivity contribution is 5.94. The first kappa shape index (κ1) is 17.6. The summed E-state index contributed by atoms with van der Waals surface area (Å²) in [6.07, 6.45) is 0. The molecule has 0 saturated heterocycles. The van der Waals surface area contributed by atoms with Crippen LogP contribution in [0.4, 0.5) is 8.78 Å². The molecule has 0 radical (unpaired) electrons. The molecule has 1 N–H and O–H groups in total. The van der Waals surface area contributed by atoms with Crippen LogP contribution < -0.4 is 5.32 Å². The molecule has 0 aliphatic rings. The van der Waals surface area contributed by atoms with Gasteiger partial charge in [-0.3, -0.25) is 4.79 Å². The molecule has 124 valence electrons. The van der Waals surface area contributed by atoms with Gasteiger partial charge < -0.3 is 5.32 Å². The Labute approximate surface area is 139 Å². The van der Waals surface area contributed by atoms with Crippen molar-refractivity contribution in [2.75, 3.05) is 0 Å². The van der Waals surface area contributed by atoms with Gasteiger partial charge in [0.1, 0.15) is 17.7 Å². The molecule has 5 heteroatoms. The van der Waals surface area contributed by atoms with Gasteiger partial charge in [-0.25, -0.2) is 8.78 Å². The highest BCUT2D eigenvalue weighted by Crippen LogP contribution is 2.23. The van der Waals surface area contributed by atoms with E-state index in [2.05, 4.69) is 26.1 Å². The molecule has 0 aliphatic heterocycles. The van der Waals surface area contributed by atoms with E-state index < -0.39 is 23.6 Å². The van der Waals surface area contributed by atoms with Gasteiger partial charge in [0.05, 0.1) is 6.07 Å². The molecule has 2 aromatic carbocycles. The quantitative estimate of drug-likeness (QED) is 0.915. The van der Waals surface area contributed by atoms with Crippen LogP contribution in [-0.2, 0) is 5.41 Å². The van der Waals surface area contributed by atoms with Crippen molar-refractivity contribution >= 4 is 5.91 Å². The summed E-state index contributed by atoms with van der Waals surface area (Å²) < 4.78 is 26.7. The molecule has 2 rings (SSSR count). The molecule has 3 nitrogen and oxygen atoms in total. The number of rotatable bonds is 3. The van der Waals surface area contributed by atoms with Gasteiger partial charge in [-0.2, -0.15) is 5.26 Å². The average molecular weight is 328 g/mol. The molecular formula is C19H18F2N2O. The Balaban J connectivity index is 2.19. The summed E-state index contributed by atoms with van der Waals surface area (Å²) in [5, 5.41) is 11.6. The highest BCUT2D eigenvalue weighted by atomic mass is 19.1. The van der Waals surface area contributed by atoms with E-state index in [1.165, 1.54) is 0 Å². The van der Waals surface area contributed by atoms with Gasteiger partial charge in [-0.15, -0.1) is 0 Å². The first-order valence-electron chi connectivity index (χ1n) is 7.48. The van der Waals surface area contributed by atoms with Gasteiger partial charge in [-0.05, 0) is 29.2 Å². The van der Waals surface area contributed by atoms with E-state index in [1.807, 2.05) is 18.2 Å². The molecule has 0 saturated carbocycles. The standard InChI is InChI=1S/C19H18F2N2O/c1-19(2,3)13-6-4-12(5-7-13)18(24)23-17(11-22)15-9-8-14(20)10-16(15)21/h4-10,17H,1-3H3,(H,23,24). The normalized spacial score (nSPS) is 12.3. The Hall–Kier alpha value is -2.74. The Morgan fingerprint density at radius 2 is 1.75 bits per heavy atom. The van der Waals surface area contributed by atoms with Crippen LogP contribution in [0.2, 0.25) is 0 Å². The van der Waals surface area contributed by atoms with Crippen molar-refractivity contribution < 1.29 is 13.6 Å². The number of nitrogens with one attached hydrogen (secondary N) is 1. The molecule has 1 amide bonds. The van der Waals surface area contributed by atoms with Gasteiger partial charge >= 0.3 is 0 Å². The van der Waals surface area contributed by atoms with Crippen molar-refractivity contribution in [2.45, 2.75) is 32.2 Å². The first-order valence-corrected chi connectivity index (χ1v) is 7.48. The maximum absolute atomic E-state index is 13.8. The lowest BCUT2D eigenvalue weighted by atomic mass is 9.86. The predicted molar refractivity (Wildman–Crippen MR) is 87.3 cm³/mol. The Bertz CT molecular complexity index is 786. The van der Waals surface area contributed by atoms with Crippen molar-refractivity contribution in [3.63, 3.8) is 0 Å². The van der Waals surface area contributed by atoms with Gasteiger partial charge in [0.2, 0.25) is 0 Å². The van der Waals surface area contributed by atoms with Crippen molar-refractivity contribution in [1.29, 1.82) is 5.26 Å². The molecular weight excluding hydrogens is 310 g/mol. The van der Waals surface area contributed by atoms with Crippen LogP contribution in [0.1, 0.15) is 48.3 Å². The third-order valence-corrected chi connectivity index (χ3v) is 3.69. The zero-order valence-electron chi connectivity index (χ0n) is 13.7. The SMILES string of the molecule is CC(C)(C)c1ccc(C(=O)NC(C#N)c2ccc(F)cc2F)cc1. The minimum atomic E-state index is -1.19. The van der Waals surface area contributed by atoms with E-state index in [1.54, 1.807) is 12.1 Å². The van der Waals surface area contributed by atoms with Gasteiger partial charge in [-0.1, -0.05) is 39.0 Å². The minimum Gasteiger partial charge on any atom is -0.332 e. The zero-order valence-corrected chi connectivity index (χ0v) is 13.7. The van der Waals surface area contributed by atoms with Gasteiger partial charge in [0, 0.05) is 17.2 Å². The Kier molecular flexibility index (Phi) is 4.99. The Morgan fingerprint density at radius 3 is 2.25 bits per heavy atom. The lowest BCUT2D eigenvalue weighted by molar-refractivity contribution is 0.0944. The van der Waals surface area contributed by atoms with Crippen LogP contribution in [0.5, 0.6) is 0 Å². The molecule has 0 aromatic heterocycles. The second-order valence-electron chi connectivity index (χ2n) is 6.53. The van der Waals surface area contributed by atoms with Crippen LogP contribution in [-0.4, -0.2) is 5.91 Å². The fourth-order valence-electron chi connectivity index (χ4n) is 2.25. The van der Waals surface area contributed by atoms with E-state index in [4.69, 9.17) is 0 Å². The smallest absolute Gasteiger partial charge is 0.252 e. The molecule has 1 atom stereocenters. The van der Waals surface area contributed by atoms with E-state index >= 15 is 0 Å². The molecule has 0 bridgehead atoms. The lowest BCUT2D eigenvalue weighted by Crippen LogP contribution is -2.28. The van der Waals surface area contributed by atoms with Crippen molar-refractivity contribution in [3.8, 4) is 6.07 Å². The number of amides is 1. The number of hydrogen-bond donors (Lipinski definition) is 1. The maximum Gasteiger partial charge on any atom is 0.252 e. The number of benzene rings is 2. The number of nitriles is 1. The first-order chi connectivity index (χ1) is 11.2. The van der Waals surface area contributed by atoms with Crippen LogP contribution in [0.25, 0.3) is 0 Å². The summed E-state index contributed by atoms with van der Waals surface area (Å²) in [5.74, 6) is -2.10. The van der Waals surface area contributed by atoms with Crippen LogP contribution in [0.3, 0.4) is 0 Å². The summed E-state index contributed by atoms with van der Waals surface area (Å²) >= 11 is 0. The van der Waals surface area contributed by atoms with Crippen LogP contribution >= 0.6 is 0 Å². The zero-order chi connectivity index (χ0) is 17.9. The highest BCUT2D eigenvalue weighted by Gasteiger charge is 2.20. The third kappa shape index (κ3) is 3.96. The predicted octanol–water partition coefficient (Wildman–Crippen LogP) is 4.26.